The minimum absolute atomic E-state index is 0.380. The average Bonchev–Trinajstić information content (AvgIpc) is 3.23. The maximum absolute atomic E-state index is 5.44. The Labute approximate surface area is 139 Å². The molecule has 1 fully saturated rings. The summed E-state index contributed by atoms with van der Waals surface area (Å²) in [5.41, 5.74) is 3.00. The van der Waals surface area contributed by atoms with Gasteiger partial charge in [-0.3, -0.25) is 9.67 Å². The summed E-state index contributed by atoms with van der Waals surface area (Å²) < 4.78 is 12.9. The second-order valence-electron chi connectivity index (χ2n) is 5.99. The number of hydrogen-bond acceptors (Lipinski definition) is 6. The molecule has 0 atom stereocenters. The highest BCUT2D eigenvalue weighted by atomic mass is 16.5. The molecule has 0 unspecified atom stereocenters. The molecule has 124 valence electrons. The Hall–Kier alpha value is -2.54. The van der Waals surface area contributed by atoms with Crippen molar-refractivity contribution in [2.75, 3.05) is 13.2 Å². The molecular formula is C17H19N5O2. The van der Waals surface area contributed by atoms with E-state index in [1.54, 1.807) is 6.20 Å². The van der Waals surface area contributed by atoms with Gasteiger partial charge in [-0.1, -0.05) is 11.2 Å². The Balaban J connectivity index is 1.55. The zero-order chi connectivity index (χ0) is 16.4. The minimum Gasteiger partial charge on any atom is -0.381 e. The highest BCUT2D eigenvalue weighted by Crippen LogP contribution is 2.27. The van der Waals surface area contributed by atoms with E-state index >= 15 is 0 Å². The van der Waals surface area contributed by atoms with Crippen LogP contribution in [0, 0.1) is 6.92 Å². The average molecular weight is 325 g/mol. The molecule has 7 heteroatoms. The summed E-state index contributed by atoms with van der Waals surface area (Å²) in [4.78, 5) is 8.62. The van der Waals surface area contributed by atoms with Gasteiger partial charge in [-0.05, 0) is 31.4 Å². The zero-order valence-corrected chi connectivity index (χ0v) is 13.6. The van der Waals surface area contributed by atoms with Crippen LogP contribution in [0.2, 0.25) is 0 Å². The molecule has 1 saturated heterocycles. The lowest BCUT2D eigenvalue weighted by Gasteiger charge is -2.23. The Morgan fingerprint density at radius 2 is 2.12 bits per heavy atom. The van der Waals surface area contributed by atoms with Gasteiger partial charge in [-0.15, -0.1) is 0 Å². The van der Waals surface area contributed by atoms with E-state index in [2.05, 4.69) is 24.9 Å². The van der Waals surface area contributed by atoms with Crippen LogP contribution in [0.4, 0.5) is 0 Å². The van der Waals surface area contributed by atoms with Crippen molar-refractivity contribution in [3.05, 3.63) is 47.8 Å². The lowest BCUT2D eigenvalue weighted by molar-refractivity contribution is 0.0657. The third-order valence-corrected chi connectivity index (χ3v) is 4.36. The van der Waals surface area contributed by atoms with Crippen molar-refractivity contribution in [3.8, 4) is 11.5 Å². The van der Waals surface area contributed by atoms with Crippen LogP contribution in [-0.2, 0) is 11.2 Å². The molecule has 0 spiro atoms. The van der Waals surface area contributed by atoms with E-state index in [4.69, 9.17) is 9.26 Å². The maximum atomic E-state index is 5.44. The molecule has 0 aliphatic carbocycles. The number of aromatic nitrogens is 5. The predicted molar refractivity (Wildman–Crippen MR) is 86.4 cm³/mol. The van der Waals surface area contributed by atoms with Crippen LogP contribution in [0.5, 0.6) is 0 Å². The first-order valence-corrected chi connectivity index (χ1v) is 8.15. The molecule has 0 N–H and O–H groups in total. The van der Waals surface area contributed by atoms with E-state index in [1.165, 1.54) is 0 Å². The van der Waals surface area contributed by atoms with Crippen LogP contribution >= 0.6 is 0 Å². The highest BCUT2D eigenvalue weighted by Gasteiger charge is 2.22. The van der Waals surface area contributed by atoms with Crippen LogP contribution in [0.25, 0.3) is 11.5 Å². The topological polar surface area (TPSA) is 78.9 Å². The summed E-state index contributed by atoms with van der Waals surface area (Å²) in [6, 6.07) is 4.28. The van der Waals surface area contributed by atoms with Gasteiger partial charge in [-0.2, -0.15) is 10.1 Å². The smallest absolute Gasteiger partial charge is 0.261 e. The summed E-state index contributed by atoms with van der Waals surface area (Å²) in [5, 5.41) is 8.61. The van der Waals surface area contributed by atoms with E-state index < -0.39 is 0 Å². The van der Waals surface area contributed by atoms with Crippen molar-refractivity contribution in [1.82, 2.24) is 24.9 Å². The molecule has 4 heterocycles. The Morgan fingerprint density at radius 3 is 2.92 bits per heavy atom. The first-order chi connectivity index (χ1) is 11.8. The highest BCUT2D eigenvalue weighted by molar-refractivity contribution is 5.55. The molecule has 4 rings (SSSR count). The third-order valence-electron chi connectivity index (χ3n) is 4.36. The molecule has 24 heavy (non-hydrogen) atoms. The van der Waals surface area contributed by atoms with Crippen LogP contribution in [0.3, 0.4) is 0 Å². The van der Waals surface area contributed by atoms with Crippen LogP contribution in [-0.4, -0.2) is 38.1 Å². The van der Waals surface area contributed by atoms with E-state index in [1.807, 2.05) is 31.5 Å². The second-order valence-corrected chi connectivity index (χ2v) is 5.99. The molecule has 0 radical (unpaired) electrons. The fourth-order valence-electron chi connectivity index (χ4n) is 3.05. The van der Waals surface area contributed by atoms with Crippen molar-refractivity contribution in [2.45, 2.75) is 32.2 Å². The van der Waals surface area contributed by atoms with Crippen LogP contribution in [0.1, 0.15) is 36.0 Å². The number of nitrogens with zero attached hydrogens (tertiary/aromatic N) is 5. The summed E-state index contributed by atoms with van der Waals surface area (Å²) in [6.45, 7) is 3.62. The van der Waals surface area contributed by atoms with E-state index in [0.29, 0.717) is 24.2 Å². The molecule has 3 aromatic rings. The first-order valence-electron chi connectivity index (χ1n) is 8.15. The van der Waals surface area contributed by atoms with Gasteiger partial charge in [-0.25, -0.2) is 0 Å². The maximum Gasteiger partial charge on any atom is 0.261 e. The van der Waals surface area contributed by atoms with Gasteiger partial charge >= 0.3 is 0 Å². The minimum atomic E-state index is 0.380. The summed E-state index contributed by atoms with van der Waals surface area (Å²) in [5.74, 6) is 1.17. The van der Waals surface area contributed by atoms with Crippen molar-refractivity contribution in [2.24, 2.45) is 0 Å². The molecule has 1 aliphatic heterocycles. The summed E-state index contributed by atoms with van der Waals surface area (Å²) >= 11 is 0. The fourth-order valence-corrected chi connectivity index (χ4v) is 3.05. The number of ether oxygens (including phenoxy) is 1. The van der Waals surface area contributed by atoms with Gasteiger partial charge in [0.15, 0.2) is 5.82 Å². The summed E-state index contributed by atoms with van der Waals surface area (Å²) in [7, 11) is 0. The van der Waals surface area contributed by atoms with Gasteiger partial charge in [0.2, 0.25) is 0 Å². The molecule has 3 aromatic heterocycles. The normalized spacial score (nSPS) is 15.7. The van der Waals surface area contributed by atoms with Gasteiger partial charge in [0, 0.05) is 37.7 Å². The van der Waals surface area contributed by atoms with Crippen molar-refractivity contribution in [1.29, 1.82) is 0 Å². The first kappa shape index (κ1) is 15.0. The SMILES string of the molecule is Cc1c(-c2nc(Cc3cccnc3)no2)cnn1C1CCOCC1. The second kappa shape index (κ2) is 6.52. The molecule has 0 bridgehead atoms. The molecule has 1 aliphatic rings. The Kier molecular flexibility index (Phi) is 4.08. The van der Waals surface area contributed by atoms with Gasteiger partial charge < -0.3 is 9.26 Å². The molecule has 0 saturated carbocycles. The monoisotopic (exact) mass is 325 g/mol. The number of pyridine rings is 1. The number of hydrogen-bond donors (Lipinski definition) is 0. The lowest BCUT2D eigenvalue weighted by Crippen LogP contribution is -2.21. The van der Waals surface area contributed by atoms with Crippen molar-refractivity contribution >= 4 is 0 Å². The fraction of sp³-hybridized carbons (Fsp3) is 0.412. The zero-order valence-electron chi connectivity index (χ0n) is 13.6. The molecule has 0 amide bonds. The molecular weight excluding hydrogens is 306 g/mol. The quantitative estimate of drug-likeness (QED) is 0.733. The number of rotatable bonds is 4. The van der Waals surface area contributed by atoms with Gasteiger partial charge in [0.05, 0.1) is 17.8 Å². The molecule has 7 nitrogen and oxygen atoms in total. The molecule has 0 aromatic carbocycles. The largest absolute Gasteiger partial charge is 0.381 e. The van der Waals surface area contributed by atoms with Gasteiger partial charge in [0.25, 0.3) is 5.89 Å². The lowest BCUT2D eigenvalue weighted by atomic mass is 10.1. The Morgan fingerprint density at radius 1 is 1.25 bits per heavy atom. The van der Waals surface area contributed by atoms with E-state index in [-0.39, 0.29) is 0 Å². The predicted octanol–water partition coefficient (Wildman–Crippen LogP) is 2.58. The van der Waals surface area contributed by atoms with Crippen molar-refractivity contribution in [3.63, 3.8) is 0 Å². The van der Waals surface area contributed by atoms with E-state index in [9.17, 15) is 0 Å². The Bertz CT molecular complexity index is 806. The standard InChI is InChI=1S/C17H19N5O2/c1-12-15(11-19-22(12)14-4-7-23-8-5-14)17-20-16(21-24-17)9-13-3-2-6-18-10-13/h2-3,6,10-11,14H,4-5,7-9H2,1H3. The van der Waals surface area contributed by atoms with Crippen molar-refractivity contribution < 1.29 is 9.26 Å². The van der Waals surface area contributed by atoms with Gasteiger partial charge in [0.1, 0.15) is 0 Å². The summed E-state index contributed by atoms with van der Waals surface area (Å²) in [6.07, 6.45) is 7.94. The third kappa shape index (κ3) is 2.94. The van der Waals surface area contributed by atoms with E-state index in [0.717, 1.165) is 42.9 Å². The van der Waals surface area contributed by atoms with Crippen LogP contribution < -0.4 is 0 Å². The van der Waals surface area contributed by atoms with Crippen LogP contribution in [0.15, 0.2) is 35.2 Å².